The normalized spacial score (nSPS) is 15.0. The molecule has 1 aromatic carbocycles. The molecule has 0 spiro atoms. The van der Waals surface area contributed by atoms with Crippen LogP contribution in [-0.4, -0.2) is 17.0 Å². The van der Waals surface area contributed by atoms with Gasteiger partial charge in [-0.15, -0.1) is 0 Å². The van der Waals surface area contributed by atoms with E-state index in [1.165, 1.54) is 0 Å². The van der Waals surface area contributed by atoms with Crippen molar-refractivity contribution in [2.45, 2.75) is 24.1 Å². The Morgan fingerprint density at radius 2 is 1.40 bits per heavy atom. The number of alkyl halides is 7. The average Bonchev–Trinajstić information content (AvgIpc) is 2.36. The van der Waals surface area contributed by atoms with Crippen molar-refractivity contribution >= 4 is 0 Å². The Kier molecular flexibility index (Phi) is 4.19. The van der Waals surface area contributed by atoms with Crippen LogP contribution in [-0.2, 0) is 6.18 Å². The molecule has 0 heterocycles. The molecule has 1 nitrogen and oxygen atoms in total. The highest BCUT2D eigenvalue weighted by atomic mass is 19.4. The van der Waals surface area contributed by atoms with E-state index in [1.807, 2.05) is 0 Å². The van der Waals surface area contributed by atoms with Gasteiger partial charge in [-0.25, -0.2) is 0 Å². The minimum atomic E-state index is -4.89. The number of allylic oxidation sites excluding steroid dienone is 1. The maximum atomic E-state index is 13.3. The first-order chi connectivity index (χ1) is 8.93. The van der Waals surface area contributed by atoms with Gasteiger partial charge in [0.2, 0.25) is 0 Å². The average molecular weight is 302 g/mol. The second-order valence-corrected chi connectivity index (χ2v) is 3.97. The van der Waals surface area contributed by atoms with Gasteiger partial charge in [0, 0.05) is 0 Å². The van der Waals surface area contributed by atoms with Gasteiger partial charge in [-0.3, -0.25) is 0 Å². The Balaban J connectivity index is 3.10. The topological polar surface area (TPSA) is 20.2 Å². The van der Waals surface area contributed by atoms with E-state index in [0.717, 1.165) is 0 Å². The summed E-state index contributed by atoms with van der Waals surface area (Å²) in [5.74, 6) is -9.59. The predicted molar refractivity (Wildman–Crippen MR) is 56.5 cm³/mol. The van der Waals surface area contributed by atoms with Gasteiger partial charge in [-0.2, -0.15) is 30.7 Å². The number of aliphatic hydroxyl groups excluding tert-OH is 1. The van der Waals surface area contributed by atoms with Crippen molar-refractivity contribution in [3.05, 3.63) is 48.0 Å². The monoisotopic (exact) mass is 302 g/mol. The van der Waals surface area contributed by atoms with Crippen LogP contribution >= 0.6 is 0 Å². The number of rotatable bonds is 4. The summed E-state index contributed by atoms with van der Waals surface area (Å²) in [7, 11) is 0. The van der Waals surface area contributed by atoms with E-state index in [0.29, 0.717) is 24.3 Å². The smallest absolute Gasteiger partial charge is 0.382 e. The van der Waals surface area contributed by atoms with E-state index < -0.39 is 35.3 Å². The Hall–Kier alpha value is -1.57. The van der Waals surface area contributed by atoms with Gasteiger partial charge < -0.3 is 5.11 Å². The summed E-state index contributed by atoms with van der Waals surface area (Å²) in [5.41, 5.74) is -1.91. The number of benzene rings is 1. The van der Waals surface area contributed by atoms with E-state index >= 15 is 0 Å². The first-order valence-corrected chi connectivity index (χ1v) is 5.18. The lowest BCUT2D eigenvalue weighted by molar-refractivity contribution is -0.232. The third kappa shape index (κ3) is 2.95. The minimum Gasteiger partial charge on any atom is -0.382 e. The molecule has 1 aromatic rings. The fourth-order valence-electron chi connectivity index (χ4n) is 1.38. The largest absolute Gasteiger partial charge is 0.416 e. The summed E-state index contributed by atoms with van der Waals surface area (Å²) < 4.78 is 89.3. The number of aliphatic hydroxyl groups is 1. The highest BCUT2D eigenvalue weighted by molar-refractivity contribution is 5.28. The maximum Gasteiger partial charge on any atom is 0.416 e. The SMILES string of the molecule is C=CC(F)(F)C(F)(F)C(O)c1ccc(C(F)(F)F)cc1. The fraction of sp³-hybridized carbons (Fsp3) is 0.333. The first-order valence-electron chi connectivity index (χ1n) is 5.18. The first kappa shape index (κ1) is 16.5. The molecule has 0 aliphatic rings. The van der Waals surface area contributed by atoms with Crippen LogP contribution in [0.4, 0.5) is 30.7 Å². The van der Waals surface area contributed by atoms with Crippen molar-refractivity contribution in [3.63, 3.8) is 0 Å². The molecule has 0 saturated carbocycles. The van der Waals surface area contributed by atoms with Gasteiger partial charge in [0.05, 0.1) is 5.56 Å². The van der Waals surface area contributed by atoms with E-state index in [1.54, 1.807) is 0 Å². The molecular weight excluding hydrogens is 293 g/mol. The van der Waals surface area contributed by atoms with E-state index in [-0.39, 0.29) is 6.08 Å². The van der Waals surface area contributed by atoms with E-state index in [2.05, 4.69) is 6.58 Å². The van der Waals surface area contributed by atoms with Crippen LogP contribution in [0.5, 0.6) is 0 Å². The molecule has 0 aliphatic heterocycles. The quantitative estimate of drug-likeness (QED) is 0.653. The Morgan fingerprint density at radius 3 is 1.75 bits per heavy atom. The molecule has 0 bridgehead atoms. The van der Waals surface area contributed by atoms with E-state index in [4.69, 9.17) is 0 Å². The van der Waals surface area contributed by atoms with Crippen molar-refractivity contribution in [1.82, 2.24) is 0 Å². The van der Waals surface area contributed by atoms with Crippen LogP contribution in [0, 0.1) is 0 Å². The van der Waals surface area contributed by atoms with Crippen LogP contribution < -0.4 is 0 Å². The summed E-state index contributed by atoms with van der Waals surface area (Å²) >= 11 is 0. The van der Waals surface area contributed by atoms with Gasteiger partial charge in [-0.05, 0) is 23.8 Å². The van der Waals surface area contributed by atoms with Crippen molar-refractivity contribution in [3.8, 4) is 0 Å². The van der Waals surface area contributed by atoms with Gasteiger partial charge in [-0.1, -0.05) is 18.7 Å². The molecule has 1 unspecified atom stereocenters. The molecule has 0 radical (unpaired) electrons. The number of halogens is 7. The standard InChI is InChI=1S/C12H9F7O/c1-2-10(13,14)11(15,16)9(20)7-3-5-8(6-4-7)12(17,18)19/h2-6,9,20H,1H2. The summed E-state index contributed by atoms with van der Waals surface area (Å²) in [6.07, 6.45) is -7.99. The summed E-state index contributed by atoms with van der Waals surface area (Å²) in [6, 6.07) is 1.86. The van der Waals surface area contributed by atoms with Gasteiger partial charge >= 0.3 is 18.0 Å². The van der Waals surface area contributed by atoms with Crippen molar-refractivity contribution in [2.24, 2.45) is 0 Å². The third-order valence-corrected chi connectivity index (χ3v) is 2.60. The molecule has 0 saturated heterocycles. The number of hydrogen-bond donors (Lipinski definition) is 1. The molecule has 20 heavy (non-hydrogen) atoms. The lowest BCUT2D eigenvalue weighted by Crippen LogP contribution is -2.43. The predicted octanol–water partition coefficient (Wildman–Crippen LogP) is 4.20. The highest BCUT2D eigenvalue weighted by Crippen LogP contribution is 2.44. The second-order valence-electron chi connectivity index (χ2n) is 3.97. The van der Waals surface area contributed by atoms with Gasteiger partial charge in [0.1, 0.15) is 6.10 Å². The molecule has 1 atom stereocenters. The molecule has 0 aromatic heterocycles. The second kappa shape index (κ2) is 5.08. The molecular formula is C12H9F7O. The van der Waals surface area contributed by atoms with Crippen molar-refractivity contribution < 1.29 is 35.8 Å². The zero-order valence-electron chi connectivity index (χ0n) is 9.76. The number of hydrogen-bond acceptors (Lipinski definition) is 1. The molecule has 1 rings (SSSR count). The summed E-state index contributed by atoms with van der Waals surface area (Å²) in [4.78, 5) is 0. The van der Waals surface area contributed by atoms with Gasteiger partial charge in [0.25, 0.3) is 0 Å². The molecule has 8 heteroatoms. The third-order valence-electron chi connectivity index (χ3n) is 2.60. The highest BCUT2D eigenvalue weighted by Gasteiger charge is 2.59. The summed E-state index contributed by atoms with van der Waals surface area (Å²) in [5, 5.41) is 9.25. The lowest BCUT2D eigenvalue weighted by atomic mass is 9.97. The zero-order chi connectivity index (χ0) is 15.8. The molecule has 0 aliphatic carbocycles. The van der Waals surface area contributed by atoms with Crippen molar-refractivity contribution in [2.75, 3.05) is 0 Å². The van der Waals surface area contributed by atoms with Crippen molar-refractivity contribution in [1.29, 1.82) is 0 Å². The molecule has 112 valence electrons. The Morgan fingerprint density at radius 1 is 0.950 bits per heavy atom. The van der Waals surface area contributed by atoms with Crippen LogP contribution in [0.3, 0.4) is 0 Å². The van der Waals surface area contributed by atoms with E-state index in [9.17, 15) is 35.8 Å². The summed E-state index contributed by atoms with van der Waals surface area (Å²) in [6.45, 7) is 2.53. The Labute approximate surface area is 109 Å². The van der Waals surface area contributed by atoms with Crippen LogP contribution in [0.25, 0.3) is 0 Å². The van der Waals surface area contributed by atoms with Crippen LogP contribution in [0.1, 0.15) is 17.2 Å². The molecule has 0 amide bonds. The maximum absolute atomic E-state index is 13.3. The lowest BCUT2D eigenvalue weighted by Gasteiger charge is -2.28. The Bertz CT molecular complexity index is 476. The zero-order valence-corrected chi connectivity index (χ0v) is 9.76. The molecule has 1 N–H and O–H groups in total. The minimum absolute atomic E-state index is 0.333. The van der Waals surface area contributed by atoms with Crippen LogP contribution in [0.15, 0.2) is 36.9 Å². The fourth-order valence-corrected chi connectivity index (χ4v) is 1.38. The van der Waals surface area contributed by atoms with Crippen LogP contribution in [0.2, 0.25) is 0 Å². The molecule has 0 fully saturated rings. The van der Waals surface area contributed by atoms with Gasteiger partial charge in [0.15, 0.2) is 0 Å².